The molecule has 0 aromatic carbocycles. The Bertz CT molecular complexity index is 432. The molecule has 5 nitrogen and oxygen atoms in total. The molecule has 0 heterocycles. The van der Waals surface area contributed by atoms with Crippen molar-refractivity contribution in [2.24, 2.45) is 5.92 Å². The second kappa shape index (κ2) is 11.0. The van der Waals surface area contributed by atoms with Crippen molar-refractivity contribution in [1.82, 2.24) is 0 Å². The largest absolute Gasteiger partial charge is 0.748 e. The maximum atomic E-state index is 12.0. The highest BCUT2D eigenvalue weighted by molar-refractivity contribution is 7.86. The minimum atomic E-state index is -4.29. The summed E-state index contributed by atoms with van der Waals surface area (Å²) in [4.78, 5) is 12.0. The monoisotopic (exact) mass is 347 g/mol. The number of hydrogen-bond donors (Lipinski definition) is 0. The summed E-state index contributed by atoms with van der Waals surface area (Å²) in [5.74, 6) is -0.757. The molecule has 1 aliphatic rings. The zero-order chi connectivity index (χ0) is 17.1. The fraction of sp³-hybridized carbons (Fsp3) is 0.941. The molecule has 0 amide bonds. The van der Waals surface area contributed by atoms with Crippen LogP contribution in [0, 0.1) is 5.92 Å². The first-order valence-corrected chi connectivity index (χ1v) is 10.5. The number of esters is 1. The number of hydrogen-bond acceptors (Lipinski definition) is 5. The van der Waals surface area contributed by atoms with Crippen LogP contribution in [0.2, 0.25) is 0 Å². The fourth-order valence-electron chi connectivity index (χ4n) is 3.15. The minimum absolute atomic E-state index is 0.127. The van der Waals surface area contributed by atoms with E-state index in [0.29, 0.717) is 25.9 Å². The summed E-state index contributed by atoms with van der Waals surface area (Å²) in [5, 5.41) is -0.920. The molecule has 136 valence electrons. The maximum Gasteiger partial charge on any atom is 0.308 e. The molecule has 0 aromatic heterocycles. The number of rotatable bonds is 11. The van der Waals surface area contributed by atoms with E-state index in [1.165, 1.54) is 38.5 Å². The first kappa shape index (κ1) is 20.4. The van der Waals surface area contributed by atoms with Crippen molar-refractivity contribution < 1.29 is 22.5 Å². The van der Waals surface area contributed by atoms with E-state index in [2.05, 4.69) is 6.92 Å². The summed E-state index contributed by atoms with van der Waals surface area (Å²) in [5.41, 5.74) is 0. The molecular formula is C17H31O5S-. The summed E-state index contributed by atoms with van der Waals surface area (Å²) < 4.78 is 38.5. The van der Waals surface area contributed by atoms with Crippen LogP contribution in [-0.4, -0.2) is 30.8 Å². The van der Waals surface area contributed by atoms with E-state index in [1.54, 1.807) is 0 Å². The zero-order valence-corrected chi connectivity index (χ0v) is 15.1. The highest BCUT2D eigenvalue weighted by atomic mass is 32.2. The average molecular weight is 347 g/mol. The van der Waals surface area contributed by atoms with Crippen LogP contribution in [0.4, 0.5) is 0 Å². The Kier molecular flexibility index (Phi) is 9.79. The van der Waals surface area contributed by atoms with E-state index < -0.39 is 21.3 Å². The van der Waals surface area contributed by atoms with Crippen molar-refractivity contribution in [3.63, 3.8) is 0 Å². The van der Waals surface area contributed by atoms with E-state index in [-0.39, 0.29) is 12.4 Å². The van der Waals surface area contributed by atoms with Crippen LogP contribution in [0.25, 0.3) is 0 Å². The second-order valence-corrected chi connectivity index (χ2v) is 8.27. The molecule has 0 saturated heterocycles. The van der Waals surface area contributed by atoms with Crippen molar-refractivity contribution in [3.8, 4) is 0 Å². The van der Waals surface area contributed by atoms with Gasteiger partial charge in [-0.1, -0.05) is 58.3 Å². The van der Waals surface area contributed by atoms with E-state index in [9.17, 15) is 17.8 Å². The van der Waals surface area contributed by atoms with Gasteiger partial charge < -0.3 is 9.29 Å². The first-order chi connectivity index (χ1) is 10.9. The van der Waals surface area contributed by atoms with Gasteiger partial charge in [0.1, 0.15) is 0 Å². The molecule has 1 fully saturated rings. The minimum Gasteiger partial charge on any atom is -0.748 e. The Morgan fingerprint density at radius 3 is 2.26 bits per heavy atom. The lowest BCUT2D eigenvalue weighted by molar-refractivity contribution is -0.149. The van der Waals surface area contributed by atoms with Crippen LogP contribution in [0.3, 0.4) is 0 Å². The smallest absolute Gasteiger partial charge is 0.308 e. The maximum absolute atomic E-state index is 12.0. The highest BCUT2D eigenvalue weighted by Crippen LogP contribution is 2.29. The van der Waals surface area contributed by atoms with Crippen LogP contribution >= 0.6 is 0 Å². The standard InChI is InChI=1S/C17H32O5S/c1-2-3-4-5-6-7-8-9-13-22-17(18)15-11-10-12-16(14-15)23(19,20)21/h15-16H,2-14H2,1H3,(H,19,20,21)/p-1. The van der Waals surface area contributed by atoms with Gasteiger partial charge in [0.25, 0.3) is 0 Å². The van der Waals surface area contributed by atoms with Crippen LogP contribution < -0.4 is 0 Å². The van der Waals surface area contributed by atoms with Crippen LogP contribution in [0.15, 0.2) is 0 Å². The van der Waals surface area contributed by atoms with Crippen LogP contribution in [0.5, 0.6) is 0 Å². The van der Waals surface area contributed by atoms with Gasteiger partial charge in [-0.05, 0) is 25.7 Å². The van der Waals surface area contributed by atoms with Gasteiger partial charge in [-0.25, -0.2) is 8.42 Å². The second-order valence-electron chi connectivity index (χ2n) is 6.62. The van der Waals surface area contributed by atoms with Gasteiger partial charge in [-0.2, -0.15) is 0 Å². The molecule has 1 rings (SSSR count). The molecule has 0 aromatic rings. The van der Waals surface area contributed by atoms with Crippen molar-refractivity contribution in [2.75, 3.05) is 6.61 Å². The van der Waals surface area contributed by atoms with Gasteiger partial charge in [0.15, 0.2) is 0 Å². The molecule has 23 heavy (non-hydrogen) atoms. The van der Waals surface area contributed by atoms with Gasteiger partial charge in [-0.15, -0.1) is 0 Å². The Morgan fingerprint density at radius 2 is 1.65 bits per heavy atom. The van der Waals surface area contributed by atoms with Gasteiger partial charge in [0.05, 0.1) is 27.9 Å². The van der Waals surface area contributed by atoms with Crippen molar-refractivity contribution in [3.05, 3.63) is 0 Å². The number of unbranched alkanes of at least 4 members (excludes halogenated alkanes) is 7. The molecule has 1 aliphatic carbocycles. The molecule has 0 aliphatic heterocycles. The third-order valence-electron chi connectivity index (χ3n) is 4.61. The molecule has 6 heteroatoms. The molecule has 0 bridgehead atoms. The number of carbonyl (C=O) groups excluding carboxylic acids is 1. The summed E-state index contributed by atoms with van der Waals surface area (Å²) in [7, 11) is -4.29. The molecule has 0 N–H and O–H groups in total. The molecular weight excluding hydrogens is 316 g/mol. The normalized spacial score (nSPS) is 22.0. The Hall–Kier alpha value is -0.620. The quantitative estimate of drug-likeness (QED) is 0.323. The summed E-state index contributed by atoms with van der Waals surface area (Å²) in [6, 6.07) is 0. The fourth-order valence-corrected chi connectivity index (χ4v) is 4.07. The van der Waals surface area contributed by atoms with Crippen LogP contribution in [-0.2, 0) is 19.6 Å². The molecule has 2 atom stereocenters. The number of ether oxygens (including phenoxy) is 1. The third kappa shape index (κ3) is 8.70. The van der Waals surface area contributed by atoms with Crippen LogP contribution in [0.1, 0.15) is 84.0 Å². The van der Waals surface area contributed by atoms with Crippen molar-refractivity contribution in [1.29, 1.82) is 0 Å². The van der Waals surface area contributed by atoms with E-state index in [0.717, 1.165) is 12.8 Å². The summed E-state index contributed by atoms with van der Waals surface area (Å²) >= 11 is 0. The predicted octanol–water partition coefficient (Wildman–Crippen LogP) is 3.77. The van der Waals surface area contributed by atoms with Gasteiger partial charge >= 0.3 is 5.97 Å². The Balaban J connectivity index is 2.10. The zero-order valence-electron chi connectivity index (χ0n) is 14.3. The lowest BCUT2D eigenvalue weighted by Gasteiger charge is -2.29. The molecule has 0 spiro atoms. The number of carbonyl (C=O) groups is 1. The third-order valence-corrected chi connectivity index (χ3v) is 5.85. The average Bonchev–Trinajstić information content (AvgIpc) is 2.52. The predicted molar refractivity (Wildman–Crippen MR) is 89.0 cm³/mol. The van der Waals surface area contributed by atoms with E-state index in [1.807, 2.05) is 0 Å². The van der Waals surface area contributed by atoms with Crippen molar-refractivity contribution >= 4 is 16.1 Å². The Labute approximate surface area is 140 Å². The molecule has 0 radical (unpaired) electrons. The topological polar surface area (TPSA) is 83.5 Å². The highest BCUT2D eigenvalue weighted by Gasteiger charge is 2.31. The first-order valence-electron chi connectivity index (χ1n) is 9.06. The van der Waals surface area contributed by atoms with Gasteiger partial charge in [0.2, 0.25) is 0 Å². The summed E-state index contributed by atoms with van der Waals surface area (Å²) in [6.45, 7) is 2.61. The SMILES string of the molecule is CCCCCCCCCCOC(=O)C1CCCC(S(=O)(=O)[O-])C1. The lowest BCUT2D eigenvalue weighted by Crippen LogP contribution is -2.32. The van der Waals surface area contributed by atoms with E-state index >= 15 is 0 Å². The van der Waals surface area contributed by atoms with Crippen molar-refractivity contribution in [2.45, 2.75) is 89.2 Å². The van der Waals surface area contributed by atoms with Gasteiger partial charge in [-0.3, -0.25) is 4.79 Å². The summed E-state index contributed by atoms with van der Waals surface area (Å²) in [6.07, 6.45) is 11.2. The van der Waals surface area contributed by atoms with E-state index in [4.69, 9.17) is 4.74 Å². The molecule has 1 saturated carbocycles. The lowest BCUT2D eigenvalue weighted by atomic mass is 9.89. The Morgan fingerprint density at radius 1 is 1.04 bits per heavy atom. The van der Waals surface area contributed by atoms with Gasteiger partial charge in [0, 0.05) is 0 Å². The molecule has 2 unspecified atom stereocenters.